The van der Waals surface area contributed by atoms with Crippen molar-refractivity contribution in [2.45, 2.75) is 6.18 Å². The van der Waals surface area contributed by atoms with Crippen molar-refractivity contribution in [1.29, 1.82) is 0 Å². The van der Waals surface area contributed by atoms with Gasteiger partial charge in [-0.1, -0.05) is 24.3 Å². The fourth-order valence-electron chi connectivity index (χ4n) is 2.87. The van der Waals surface area contributed by atoms with Crippen LogP contribution in [0.15, 0.2) is 53.9 Å². The molecular formula is C19H13F3N4O2S. The monoisotopic (exact) mass is 418 g/mol. The lowest BCUT2D eigenvalue weighted by Gasteiger charge is -2.11. The summed E-state index contributed by atoms with van der Waals surface area (Å²) in [4.78, 5) is 17.1. The van der Waals surface area contributed by atoms with Crippen LogP contribution in [-0.2, 0) is 6.18 Å². The van der Waals surface area contributed by atoms with Crippen molar-refractivity contribution in [2.24, 2.45) is 0 Å². The first kappa shape index (κ1) is 18.9. The smallest absolute Gasteiger partial charge is 0.417 e. The molecule has 0 radical (unpaired) electrons. The van der Waals surface area contributed by atoms with Gasteiger partial charge in [-0.25, -0.2) is 4.52 Å². The molecule has 0 atom stereocenters. The topological polar surface area (TPSA) is 68.5 Å². The first-order chi connectivity index (χ1) is 13.9. The second-order valence-electron chi connectivity index (χ2n) is 5.95. The van der Waals surface area contributed by atoms with Crippen LogP contribution in [0.25, 0.3) is 16.2 Å². The fraction of sp³-hybridized carbons (Fsp3) is 0.105. The van der Waals surface area contributed by atoms with Gasteiger partial charge in [-0.3, -0.25) is 10.1 Å². The number of methoxy groups -OCH3 is 1. The van der Waals surface area contributed by atoms with E-state index in [-0.39, 0.29) is 5.95 Å². The Morgan fingerprint density at radius 1 is 1.14 bits per heavy atom. The van der Waals surface area contributed by atoms with Crippen LogP contribution < -0.4 is 10.1 Å². The molecular weight excluding hydrogens is 405 g/mol. The minimum Gasteiger partial charge on any atom is -0.496 e. The van der Waals surface area contributed by atoms with Gasteiger partial charge < -0.3 is 4.74 Å². The highest BCUT2D eigenvalue weighted by Gasteiger charge is 2.35. The Morgan fingerprint density at radius 2 is 1.86 bits per heavy atom. The Kier molecular flexibility index (Phi) is 4.71. The molecule has 4 aromatic rings. The van der Waals surface area contributed by atoms with E-state index in [1.54, 1.807) is 13.2 Å². The molecule has 0 unspecified atom stereocenters. The van der Waals surface area contributed by atoms with Gasteiger partial charge in [0, 0.05) is 10.9 Å². The average molecular weight is 418 g/mol. The molecule has 0 saturated heterocycles. The summed E-state index contributed by atoms with van der Waals surface area (Å²) in [5.74, 6) is -0.391. The van der Waals surface area contributed by atoms with Gasteiger partial charge in [0.2, 0.25) is 4.96 Å². The molecule has 0 aliphatic heterocycles. The van der Waals surface area contributed by atoms with Gasteiger partial charge >= 0.3 is 6.18 Å². The van der Waals surface area contributed by atoms with Crippen LogP contribution in [0.4, 0.5) is 19.1 Å². The molecule has 0 spiro atoms. The highest BCUT2D eigenvalue weighted by Crippen LogP contribution is 2.34. The lowest BCUT2D eigenvalue weighted by Crippen LogP contribution is -2.19. The summed E-state index contributed by atoms with van der Waals surface area (Å²) >= 11 is 1.28. The summed E-state index contributed by atoms with van der Waals surface area (Å²) in [7, 11) is 1.55. The number of benzene rings is 2. The number of fused-ring (bicyclic) bond motifs is 1. The van der Waals surface area contributed by atoms with E-state index in [2.05, 4.69) is 15.4 Å². The Bertz CT molecular complexity index is 1200. The number of hydrogen-bond donors (Lipinski definition) is 1. The number of rotatable bonds is 4. The number of halogens is 3. The van der Waals surface area contributed by atoms with Crippen LogP contribution in [0, 0.1) is 0 Å². The highest BCUT2D eigenvalue weighted by atomic mass is 32.1. The first-order valence-electron chi connectivity index (χ1n) is 8.33. The largest absolute Gasteiger partial charge is 0.496 e. The average Bonchev–Trinajstić information content (AvgIpc) is 3.27. The second-order valence-corrected chi connectivity index (χ2v) is 6.79. The number of alkyl halides is 3. The summed E-state index contributed by atoms with van der Waals surface area (Å²) in [5, 5.41) is 8.41. The molecule has 0 fully saturated rings. The van der Waals surface area contributed by atoms with Crippen molar-refractivity contribution in [3.8, 4) is 17.0 Å². The number of amides is 1. The minimum atomic E-state index is -4.65. The zero-order chi connectivity index (χ0) is 20.6. The standard InChI is InChI=1S/C19H13F3N4O2S/c1-28-15-9-5-3-7-12(15)14-10-29-18-24-17(25-26(14)18)23-16(27)11-6-2-4-8-13(11)19(20,21)22/h2-10H,1H3,(H,23,25,27). The minimum absolute atomic E-state index is 0.0880. The SMILES string of the molecule is COc1ccccc1-c1csc2nc(NC(=O)c3ccccc3C(F)(F)F)nn12. The number of para-hydroxylation sites is 1. The van der Waals surface area contributed by atoms with Crippen molar-refractivity contribution in [1.82, 2.24) is 14.6 Å². The van der Waals surface area contributed by atoms with E-state index in [0.29, 0.717) is 16.4 Å². The summed E-state index contributed by atoms with van der Waals surface area (Å²) in [6.07, 6.45) is -4.65. The summed E-state index contributed by atoms with van der Waals surface area (Å²) < 4.78 is 46.3. The number of nitrogens with zero attached hydrogens (tertiary/aromatic N) is 3. The van der Waals surface area contributed by atoms with Gasteiger partial charge in [-0.2, -0.15) is 18.2 Å². The van der Waals surface area contributed by atoms with Crippen molar-refractivity contribution in [2.75, 3.05) is 12.4 Å². The third kappa shape index (κ3) is 3.54. The van der Waals surface area contributed by atoms with E-state index in [1.165, 1.54) is 28.0 Å². The molecule has 29 heavy (non-hydrogen) atoms. The number of carbonyl (C=O) groups excluding carboxylic acids is 1. The molecule has 148 valence electrons. The molecule has 0 aliphatic carbocycles. The first-order valence-corrected chi connectivity index (χ1v) is 9.21. The van der Waals surface area contributed by atoms with Gasteiger partial charge in [0.25, 0.3) is 11.9 Å². The van der Waals surface area contributed by atoms with Gasteiger partial charge in [0.15, 0.2) is 0 Å². The molecule has 4 rings (SSSR count). The zero-order valence-electron chi connectivity index (χ0n) is 14.9. The number of carbonyl (C=O) groups is 1. The fourth-order valence-corrected chi connectivity index (χ4v) is 3.70. The molecule has 1 N–H and O–H groups in total. The predicted molar refractivity (Wildman–Crippen MR) is 102 cm³/mol. The van der Waals surface area contributed by atoms with Gasteiger partial charge in [-0.05, 0) is 24.3 Å². The lowest BCUT2D eigenvalue weighted by atomic mass is 10.1. The van der Waals surface area contributed by atoms with Crippen molar-refractivity contribution in [3.05, 3.63) is 65.0 Å². The summed E-state index contributed by atoms with van der Waals surface area (Å²) in [6, 6.07) is 11.9. The van der Waals surface area contributed by atoms with Gasteiger partial charge in [-0.15, -0.1) is 16.4 Å². The molecule has 10 heteroatoms. The van der Waals surface area contributed by atoms with Crippen LogP contribution in [-0.4, -0.2) is 27.6 Å². The molecule has 2 aromatic carbocycles. The quantitative estimate of drug-likeness (QED) is 0.520. The number of hydrogen-bond acceptors (Lipinski definition) is 5. The zero-order valence-corrected chi connectivity index (χ0v) is 15.7. The van der Waals surface area contributed by atoms with Crippen LogP contribution in [0.2, 0.25) is 0 Å². The van der Waals surface area contributed by atoms with Crippen LogP contribution in [0.5, 0.6) is 5.75 Å². The summed E-state index contributed by atoms with van der Waals surface area (Å²) in [5.41, 5.74) is -0.0612. The number of thiazole rings is 1. The van der Waals surface area contributed by atoms with Crippen molar-refractivity contribution >= 4 is 28.2 Å². The van der Waals surface area contributed by atoms with Crippen LogP contribution >= 0.6 is 11.3 Å². The maximum Gasteiger partial charge on any atom is 0.417 e. The predicted octanol–water partition coefficient (Wildman–Crippen LogP) is 4.74. The lowest BCUT2D eigenvalue weighted by molar-refractivity contribution is -0.137. The molecule has 0 aliphatic rings. The molecule has 1 amide bonds. The van der Waals surface area contributed by atoms with E-state index < -0.39 is 23.2 Å². The maximum atomic E-state index is 13.2. The van der Waals surface area contributed by atoms with Crippen LogP contribution in [0.3, 0.4) is 0 Å². The maximum absolute atomic E-state index is 13.2. The molecule has 0 bridgehead atoms. The summed E-state index contributed by atoms with van der Waals surface area (Å²) in [6.45, 7) is 0. The van der Waals surface area contributed by atoms with Gasteiger partial charge in [0.05, 0.1) is 23.9 Å². The number of aromatic nitrogens is 3. The second kappa shape index (κ2) is 7.21. The van der Waals surface area contributed by atoms with Gasteiger partial charge in [0.1, 0.15) is 5.75 Å². The number of anilines is 1. The molecule has 2 heterocycles. The Labute approximate surface area is 166 Å². The third-order valence-electron chi connectivity index (χ3n) is 4.17. The Morgan fingerprint density at radius 3 is 2.62 bits per heavy atom. The third-order valence-corrected chi connectivity index (χ3v) is 4.98. The van der Waals surface area contributed by atoms with E-state index in [4.69, 9.17) is 4.74 Å². The molecule has 6 nitrogen and oxygen atoms in total. The highest BCUT2D eigenvalue weighted by molar-refractivity contribution is 7.15. The van der Waals surface area contributed by atoms with Crippen LogP contribution in [0.1, 0.15) is 15.9 Å². The van der Waals surface area contributed by atoms with Crippen molar-refractivity contribution < 1.29 is 22.7 Å². The van der Waals surface area contributed by atoms with Crippen molar-refractivity contribution in [3.63, 3.8) is 0 Å². The van der Waals surface area contributed by atoms with E-state index in [1.807, 2.05) is 23.6 Å². The Hall–Kier alpha value is -3.40. The van der Waals surface area contributed by atoms with E-state index >= 15 is 0 Å². The van der Waals surface area contributed by atoms with E-state index in [0.717, 1.165) is 17.7 Å². The number of ether oxygens (including phenoxy) is 1. The normalized spacial score (nSPS) is 11.6. The number of nitrogens with one attached hydrogen (secondary N) is 1. The Balaban J connectivity index is 1.68. The molecule has 2 aromatic heterocycles. The molecule has 0 saturated carbocycles. The van der Waals surface area contributed by atoms with E-state index in [9.17, 15) is 18.0 Å².